The molecule has 0 saturated carbocycles. The van der Waals surface area contributed by atoms with Crippen LogP contribution in [0.2, 0.25) is 0 Å². The Morgan fingerprint density at radius 2 is 1.82 bits per heavy atom. The van der Waals surface area contributed by atoms with Gasteiger partial charge >= 0.3 is 0 Å². The molecule has 4 heteroatoms. The van der Waals surface area contributed by atoms with Gasteiger partial charge in [0.05, 0.1) is 12.8 Å². The molecule has 0 heterocycles. The maximum Gasteiger partial charge on any atom is 0.121 e. The van der Waals surface area contributed by atoms with Gasteiger partial charge < -0.3 is 4.74 Å². The molecule has 3 nitrogen and oxygen atoms in total. The Balaban J connectivity index is 2.00. The van der Waals surface area contributed by atoms with Crippen LogP contribution in [0, 0.1) is 0 Å². The average Bonchev–Trinajstić information content (AvgIpc) is 2.40. The van der Waals surface area contributed by atoms with Crippen molar-refractivity contribution in [1.29, 1.82) is 0 Å². The molecule has 0 spiro atoms. The number of rotatable bonds is 4. The van der Waals surface area contributed by atoms with Crippen LogP contribution in [0.15, 0.2) is 69.1 Å². The first-order chi connectivity index (χ1) is 8.38. The second-order valence-electron chi connectivity index (χ2n) is 3.29. The fraction of sp³-hybridized carbons (Fsp3) is 0.0769. The van der Waals surface area contributed by atoms with Crippen LogP contribution in [-0.4, -0.2) is 7.11 Å². The molecule has 0 saturated heterocycles. The lowest BCUT2D eigenvalue weighted by Gasteiger charge is -1.98. The lowest BCUT2D eigenvalue weighted by molar-refractivity contribution is 0.415. The summed E-state index contributed by atoms with van der Waals surface area (Å²) in [6.07, 6.45) is 0. The first-order valence-electron chi connectivity index (χ1n) is 5.15. The number of benzene rings is 2. The molecule has 0 atom stereocenters. The van der Waals surface area contributed by atoms with Gasteiger partial charge in [0.25, 0.3) is 0 Å². The molecular formula is C13H12N2OS. The second kappa shape index (κ2) is 6.06. The molecule has 0 N–H and O–H groups in total. The fourth-order valence-corrected chi connectivity index (χ4v) is 1.78. The molecule has 0 unspecified atom stereocenters. The van der Waals surface area contributed by atoms with Gasteiger partial charge in [-0.2, -0.15) is 0 Å². The average molecular weight is 244 g/mol. The molecule has 2 rings (SSSR count). The summed E-state index contributed by atoms with van der Waals surface area (Å²) in [4.78, 5) is 1.07. The van der Waals surface area contributed by atoms with E-state index in [1.165, 1.54) is 11.9 Å². The SMILES string of the molecule is COc1cccc(N=NSc2ccccc2)c1. The second-order valence-corrected chi connectivity index (χ2v) is 4.10. The topological polar surface area (TPSA) is 34.0 Å². The van der Waals surface area contributed by atoms with Gasteiger partial charge in [-0.15, -0.1) is 9.63 Å². The van der Waals surface area contributed by atoms with E-state index in [2.05, 4.69) is 9.63 Å². The molecule has 0 bridgehead atoms. The van der Waals surface area contributed by atoms with Gasteiger partial charge in [0, 0.05) is 22.9 Å². The molecule has 17 heavy (non-hydrogen) atoms. The summed E-state index contributed by atoms with van der Waals surface area (Å²) >= 11 is 1.35. The van der Waals surface area contributed by atoms with E-state index >= 15 is 0 Å². The van der Waals surface area contributed by atoms with Crippen molar-refractivity contribution in [3.05, 3.63) is 54.6 Å². The highest BCUT2D eigenvalue weighted by molar-refractivity contribution is 7.97. The summed E-state index contributed by atoms with van der Waals surface area (Å²) in [5, 5.41) is 4.12. The number of ether oxygens (including phenoxy) is 1. The zero-order chi connectivity index (χ0) is 11.9. The zero-order valence-electron chi connectivity index (χ0n) is 9.41. The first-order valence-corrected chi connectivity index (χ1v) is 5.93. The highest BCUT2D eigenvalue weighted by Crippen LogP contribution is 2.24. The zero-order valence-corrected chi connectivity index (χ0v) is 10.2. The number of nitrogens with zero attached hydrogens (tertiary/aromatic N) is 2. The van der Waals surface area contributed by atoms with Crippen molar-refractivity contribution in [3.8, 4) is 5.75 Å². The van der Waals surface area contributed by atoms with E-state index in [0.717, 1.165) is 16.3 Å². The van der Waals surface area contributed by atoms with E-state index in [-0.39, 0.29) is 0 Å². The molecule has 0 amide bonds. The van der Waals surface area contributed by atoms with Crippen molar-refractivity contribution in [1.82, 2.24) is 0 Å². The number of hydrogen-bond acceptors (Lipinski definition) is 4. The molecule has 2 aromatic rings. The number of methoxy groups -OCH3 is 1. The smallest absolute Gasteiger partial charge is 0.121 e. The minimum atomic E-state index is 0.783. The predicted octanol–water partition coefficient (Wildman–Crippen LogP) is 4.49. The molecule has 0 aliphatic rings. The molecule has 0 aromatic heterocycles. The van der Waals surface area contributed by atoms with Crippen LogP contribution in [0.5, 0.6) is 5.75 Å². The van der Waals surface area contributed by atoms with Crippen molar-refractivity contribution >= 4 is 17.6 Å². The Bertz CT molecular complexity index is 500. The Morgan fingerprint density at radius 1 is 1.00 bits per heavy atom. The van der Waals surface area contributed by atoms with Gasteiger partial charge in [-0.3, -0.25) is 0 Å². The standard InChI is InChI=1S/C13H12N2OS/c1-16-12-7-5-6-11(10-12)14-15-17-13-8-3-2-4-9-13/h2-10H,1H3. The van der Waals surface area contributed by atoms with Gasteiger partial charge in [-0.1, -0.05) is 24.3 Å². The van der Waals surface area contributed by atoms with Gasteiger partial charge in [-0.05, 0) is 24.3 Å². The maximum atomic E-state index is 5.11. The molecular weight excluding hydrogens is 232 g/mol. The van der Waals surface area contributed by atoms with E-state index in [9.17, 15) is 0 Å². The van der Waals surface area contributed by atoms with Crippen LogP contribution >= 0.6 is 11.9 Å². The molecule has 0 aliphatic carbocycles. The van der Waals surface area contributed by atoms with E-state index in [4.69, 9.17) is 4.74 Å². The minimum Gasteiger partial charge on any atom is -0.497 e. The van der Waals surface area contributed by atoms with Crippen LogP contribution in [0.4, 0.5) is 5.69 Å². The highest BCUT2D eigenvalue weighted by Gasteiger charge is 1.94. The third-order valence-corrected chi connectivity index (χ3v) is 2.75. The van der Waals surface area contributed by atoms with Crippen molar-refractivity contribution in [2.45, 2.75) is 4.90 Å². The fourth-order valence-electron chi connectivity index (χ4n) is 1.27. The molecule has 2 aromatic carbocycles. The largest absolute Gasteiger partial charge is 0.497 e. The minimum absolute atomic E-state index is 0.783. The summed E-state index contributed by atoms with van der Waals surface area (Å²) in [5.74, 6) is 0.783. The van der Waals surface area contributed by atoms with Crippen LogP contribution in [0.25, 0.3) is 0 Å². The van der Waals surface area contributed by atoms with E-state index in [0.29, 0.717) is 0 Å². The quantitative estimate of drug-likeness (QED) is 0.586. The van der Waals surface area contributed by atoms with Gasteiger partial charge in [0.2, 0.25) is 0 Å². The lowest BCUT2D eigenvalue weighted by atomic mass is 10.3. The summed E-state index contributed by atoms with van der Waals surface area (Å²) in [6, 6.07) is 17.4. The van der Waals surface area contributed by atoms with E-state index < -0.39 is 0 Å². The van der Waals surface area contributed by atoms with Crippen molar-refractivity contribution in [3.63, 3.8) is 0 Å². The van der Waals surface area contributed by atoms with Gasteiger partial charge in [0.15, 0.2) is 0 Å². The monoisotopic (exact) mass is 244 g/mol. The third-order valence-electron chi connectivity index (χ3n) is 2.10. The van der Waals surface area contributed by atoms with E-state index in [1.54, 1.807) is 7.11 Å². The lowest BCUT2D eigenvalue weighted by Crippen LogP contribution is -1.79. The number of hydrogen-bond donors (Lipinski definition) is 0. The summed E-state index contributed by atoms with van der Waals surface area (Å²) in [6.45, 7) is 0. The Labute approximate surface area is 105 Å². The van der Waals surface area contributed by atoms with Crippen molar-refractivity contribution < 1.29 is 4.74 Å². The maximum absolute atomic E-state index is 5.11. The van der Waals surface area contributed by atoms with Crippen LogP contribution in [0.1, 0.15) is 0 Å². The van der Waals surface area contributed by atoms with Crippen LogP contribution in [-0.2, 0) is 0 Å². The predicted molar refractivity (Wildman–Crippen MR) is 69.8 cm³/mol. The Kier molecular flexibility index (Phi) is 4.16. The Hall–Kier alpha value is -1.81. The molecule has 86 valence electrons. The summed E-state index contributed by atoms with van der Waals surface area (Å²) in [7, 11) is 1.63. The van der Waals surface area contributed by atoms with Crippen LogP contribution < -0.4 is 4.74 Å². The molecule has 0 fully saturated rings. The summed E-state index contributed by atoms with van der Waals surface area (Å²) < 4.78 is 9.18. The molecule has 0 aliphatic heterocycles. The van der Waals surface area contributed by atoms with Crippen molar-refractivity contribution in [2.24, 2.45) is 9.63 Å². The van der Waals surface area contributed by atoms with Crippen LogP contribution in [0.3, 0.4) is 0 Å². The third kappa shape index (κ3) is 3.60. The highest BCUT2D eigenvalue weighted by atomic mass is 32.2. The van der Waals surface area contributed by atoms with Gasteiger partial charge in [-0.25, -0.2) is 0 Å². The van der Waals surface area contributed by atoms with E-state index in [1.807, 2.05) is 54.6 Å². The first kappa shape index (κ1) is 11.7. The Morgan fingerprint density at radius 3 is 2.59 bits per heavy atom. The van der Waals surface area contributed by atoms with Crippen molar-refractivity contribution in [2.75, 3.05) is 7.11 Å². The normalized spacial score (nSPS) is 10.6. The summed E-state index contributed by atoms with van der Waals surface area (Å²) in [5.41, 5.74) is 0.785. The molecule has 0 radical (unpaired) electrons. The van der Waals surface area contributed by atoms with Gasteiger partial charge in [0.1, 0.15) is 5.75 Å².